The first-order chi connectivity index (χ1) is 10.6. The number of carbonyl (C=O) groups excluding carboxylic acids is 2. The average molecular weight is 327 g/mol. The number of morpholine rings is 1. The minimum absolute atomic E-state index is 0.0201. The summed E-state index contributed by atoms with van der Waals surface area (Å²) in [5, 5.41) is 3.22. The van der Waals surface area contributed by atoms with Crippen LogP contribution in [0.1, 0.15) is 16.8 Å². The maximum absolute atomic E-state index is 12.1. The summed E-state index contributed by atoms with van der Waals surface area (Å²) < 4.78 is 10.3. The maximum atomic E-state index is 12.1. The van der Waals surface area contributed by atoms with E-state index in [4.69, 9.17) is 21.1 Å². The van der Waals surface area contributed by atoms with Crippen LogP contribution in [0.2, 0.25) is 5.02 Å². The Morgan fingerprint density at radius 1 is 1.36 bits per heavy atom. The lowest BCUT2D eigenvalue weighted by atomic mass is 10.2. The Labute approximate surface area is 134 Å². The molecule has 0 aromatic heterocycles. The van der Waals surface area contributed by atoms with Crippen molar-refractivity contribution in [3.63, 3.8) is 0 Å². The molecule has 1 aliphatic rings. The lowest BCUT2D eigenvalue weighted by Crippen LogP contribution is -2.42. The minimum atomic E-state index is -0.289. The van der Waals surface area contributed by atoms with Crippen molar-refractivity contribution in [2.24, 2.45) is 0 Å². The number of hydrogen-bond acceptors (Lipinski definition) is 4. The van der Waals surface area contributed by atoms with Crippen LogP contribution in [0.25, 0.3) is 0 Å². The molecule has 0 spiro atoms. The van der Waals surface area contributed by atoms with Crippen molar-refractivity contribution < 1.29 is 19.1 Å². The summed E-state index contributed by atoms with van der Waals surface area (Å²) in [7, 11) is 1.48. The van der Waals surface area contributed by atoms with Crippen molar-refractivity contribution >= 4 is 23.4 Å². The van der Waals surface area contributed by atoms with Crippen LogP contribution in [0, 0.1) is 0 Å². The van der Waals surface area contributed by atoms with Crippen LogP contribution in [0.4, 0.5) is 0 Å². The van der Waals surface area contributed by atoms with E-state index in [9.17, 15) is 9.59 Å². The van der Waals surface area contributed by atoms with Gasteiger partial charge in [-0.25, -0.2) is 0 Å². The van der Waals surface area contributed by atoms with E-state index < -0.39 is 0 Å². The summed E-state index contributed by atoms with van der Waals surface area (Å²) in [5.74, 6) is 0.138. The number of nitrogens with zero attached hydrogens (tertiary/aromatic N) is 1. The first kappa shape index (κ1) is 16.6. The van der Waals surface area contributed by atoms with Crippen molar-refractivity contribution in [1.82, 2.24) is 10.2 Å². The zero-order valence-electron chi connectivity index (χ0n) is 12.4. The zero-order valence-corrected chi connectivity index (χ0v) is 13.2. The predicted octanol–water partition coefficient (Wildman–Crippen LogP) is 1.33. The standard InChI is InChI=1S/C15H19ClN2O4/c1-21-13-10-11(16)2-3-12(13)15(20)17-5-4-14(19)18-6-8-22-9-7-18/h2-3,10H,4-9H2,1H3,(H,17,20). The van der Waals surface area contributed by atoms with Gasteiger partial charge in [-0.2, -0.15) is 0 Å². The monoisotopic (exact) mass is 326 g/mol. The van der Waals surface area contributed by atoms with Crippen LogP contribution >= 0.6 is 11.6 Å². The first-order valence-corrected chi connectivity index (χ1v) is 7.47. The molecule has 1 fully saturated rings. The highest BCUT2D eigenvalue weighted by Gasteiger charge is 2.17. The molecule has 0 radical (unpaired) electrons. The fraction of sp³-hybridized carbons (Fsp3) is 0.467. The molecule has 0 bridgehead atoms. The Morgan fingerprint density at radius 2 is 2.09 bits per heavy atom. The second-order valence-electron chi connectivity index (χ2n) is 4.84. The predicted molar refractivity (Wildman–Crippen MR) is 82.4 cm³/mol. The van der Waals surface area contributed by atoms with E-state index in [2.05, 4.69) is 5.32 Å². The normalized spacial score (nSPS) is 14.5. The van der Waals surface area contributed by atoms with Crippen LogP contribution in [-0.4, -0.2) is 56.7 Å². The van der Waals surface area contributed by atoms with E-state index in [1.54, 1.807) is 23.1 Å². The van der Waals surface area contributed by atoms with E-state index in [-0.39, 0.29) is 24.8 Å². The average Bonchev–Trinajstić information content (AvgIpc) is 2.55. The fourth-order valence-electron chi connectivity index (χ4n) is 2.20. The van der Waals surface area contributed by atoms with Crippen molar-refractivity contribution in [1.29, 1.82) is 0 Å². The van der Waals surface area contributed by atoms with Crippen molar-refractivity contribution in [3.05, 3.63) is 28.8 Å². The molecule has 1 heterocycles. The van der Waals surface area contributed by atoms with Gasteiger partial charge in [-0.15, -0.1) is 0 Å². The van der Waals surface area contributed by atoms with Crippen LogP contribution in [-0.2, 0) is 9.53 Å². The number of hydrogen-bond donors (Lipinski definition) is 1. The Bertz CT molecular complexity index is 544. The van der Waals surface area contributed by atoms with E-state index in [0.717, 1.165) is 0 Å². The molecule has 120 valence electrons. The van der Waals surface area contributed by atoms with Crippen LogP contribution in [0.5, 0.6) is 5.75 Å². The van der Waals surface area contributed by atoms with Gasteiger partial charge in [0.05, 0.1) is 25.9 Å². The third-order valence-corrected chi connectivity index (χ3v) is 3.63. The van der Waals surface area contributed by atoms with Gasteiger partial charge in [0.2, 0.25) is 5.91 Å². The van der Waals surface area contributed by atoms with Gasteiger partial charge in [-0.05, 0) is 18.2 Å². The lowest BCUT2D eigenvalue weighted by Gasteiger charge is -2.26. The molecule has 22 heavy (non-hydrogen) atoms. The number of carbonyl (C=O) groups is 2. The topological polar surface area (TPSA) is 67.9 Å². The number of benzene rings is 1. The Morgan fingerprint density at radius 3 is 2.77 bits per heavy atom. The highest BCUT2D eigenvalue weighted by atomic mass is 35.5. The SMILES string of the molecule is COc1cc(Cl)ccc1C(=O)NCCC(=O)N1CCOCC1. The third-order valence-electron chi connectivity index (χ3n) is 3.40. The van der Waals surface area contributed by atoms with Crippen LogP contribution in [0.3, 0.4) is 0 Å². The van der Waals surface area contributed by atoms with Crippen LogP contribution < -0.4 is 10.1 Å². The molecule has 1 aromatic carbocycles. The van der Waals surface area contributed by atoms with Gasteiger partial charge in [0, 0.05) is 31.1 Å². The second-order valence-corrected chi connectivity index (χ2v) is 5.28. The smallest absolute Gasteiger partial charge is 0.255 e. The summed E-state index contributed by atoms with van der Waals surface area (Å²) in [5.41, 5.74) is 0.394. The van der Waals surface area contributed by atoms with Gasteiger partial charge in [0.25, 0.3) is 5.91 Å². The largest absolute Gasteiger partial charge is 0.496 e. The Balaban J connectivity index is 1.83. The first-order valence-electron chi connectivity index (χ1n) is 7.09. The molecular formula is C15H19ClN2O4. The summed E-state index contributed by atoms with van der Waals surface area (Å²) in [6, 6.07) is 4.80. The summed E-state index contributed by atoms with van der Waals surface area (Å²) >= 11 is 5.86. The summed E-state index contributed by atoms with van der Waals surface area (Å²) in [4.78, 5) is 25.8. The quantitative estimate of drug-likeness (QED) is 0.886. The molecule has 0 aliphatic carbocycles. The lowest BCUT2D eigenvalue weighted by molar-refractivity contribution is -0.135. The molecule has 1 N–H and O–H groups in total. The molecule has 0 unspecified atom stereocenters. The molecule has 0 saturated carbocycles. The molecule has 0 atom stereocenters. The van der Waals surface area contributed by atoms with E-state index >= 15 is 0 Å². The Kier molecular flexibility index (Phi) is 6.03. The Hall–Kier alpha value is -1.79. The van der Waals surface area contributed by atoms with Gasteiger partial charge in [0.15, 0.2) is 0 Å². The summed E-state index contributed by atoms with van der Waals surface area (Å²) in [6.07, 6.45) is 0.266. The zero-order chi connectivity index (χ0) is 15.9. The van der Waals surface area contributed by atoms with E-state index in [1.165, 1.54) is 7.11 Å². The molecular weight excluding hydrogens is 308 g/mol. The second kappa shape index (κ2) is 8.00. The van der Waals surface area contributed by atoms with Crippen molar-refractivity contribution in [2.75, 3.05) is 40.0 Å². The number of nitrogens with one attached hydrogen (secondary N) is 1. The summed E-state index contributed by atoms with van der Waals surface area (Å²) in [6.45, 7) is 2.64. The molecule has 1 aromatic rings. The highest BCUT2D eigenvalue weighted by molar-refractivity contribution is 6.30. The number of ether oxygens (including phenoxy) is 2. The van der Waals surface area contributed by atoms with Gasteiger partial charge in [0.1, 0.15) is 5.75 Å². The highest BCUT2D eigenvalue weighted by Crippen LogP contribution is 2.22. The van der Waals surface area contributed by atoms with Crippen molar-refractivity contribution in [2.45, 2.75) is 6.42 Å². The van der Waals surface area contributed by atoms with Crippen LogP contribution in [0.15, 0.2) is 18.2 Å². The van der Waals surface area contributed by atoms with Gasteiger partial charge < -0.3 is 19.7 Å². The number of rotatable bonds is 5. The number of amides is 2. The molecule has 1 saturated heterocycles. The van der Waals surface area contributed by atoms with Gasteiger partial charge >= 0.3 is 0 Å². The minimum Gasteiger partial charge on any atom is -0.496 e. The third kappa shape index (κ3) is 4.35. The molecule has 6 nitrogen and oxygen atoms in total. The van der Waals surface area contributed by atoms with Gasteiger partial charge in [-0.1, -0.05) is 11.6 Å². The number of methoxy groups -OCH3 is 1. The maximum Gasteiger partial charge on any atom is 0.255 e. The van der Waals surface area contributed by atoms with Crippen molar-refractivity contribution in [3.8, 4) is 5.75 Å². The van der Waals surface area contributed by atoms with E-state index in [0.29, 0.717) is 42.6 Å². The molecule has 2 amide bonds. The van der Waals surface area contributed by atoms with Gasteiger partial charge in [-0.3, -0.25) is 9.59 Å². The number of halogens is 1. The molecule has 2 rings (SSSR count). The molecule has 7 heteroatoms. The fourth-order valence-corrected chi connectivity index (χ4v) is 2.36. The molecule has 1 aliphatic heterocycles. The van der Waals surface area contributed by atoms with E-state index in [1.807, 2.05) is 0 Å².